The van der Waals surface area contributed by atoms with E-state index in [1.54, 1.807) is 114 Å². The van der Waals surface area contributed by atoms with Gasteiger partial charge < -0.3 is 88.7 Å². The fourth-order valence-electron chi connectivity index (χ4n) is 12.1. The van der Waals surface area contributed by atoms with Gasteiger partial charge in [0.2, 0.25) is 0 Å². The smallest absolute Gasteiger partial charge is 0.412 e. The summed E-state index contributed by atoms with van der Waals surface area (Å²) < 4.78 is 69.1. The Kier molecular flexibility index (Phi) is 33.4. The molecule has 6 amide bonds. The van der Waals surface area contributed by atoms with E-state index in [1.165, 1.54) is 0 Å². The van der Waals surface area contributed by atoms with Crippen molar-refractivity contribution in [1.82, 2.24) is 31.9 Å². The van der Waals surface area contributed by atoms with Gasteiger partial charge in [-0.15, -0.1) is 0 Å². The van der Waals surface area contributed by atoms with Crippen molar-refractivity contribution in [2.24, 2.45) is 0 Å². The highest BCUT2D eigenvalue weighted by Crippen LogP contribution is 2.43. The molecule has 0 heterocycles. The molecule has 1 aliphatic carbocycles. The average Bonchev–Trinajstić information content (AvgIpc) is 0.779. The molecule has 6 N–H and O–H groups in total. The summed E-state index contributed by atoms with van der Waals surface area (Å²) in [6.45, 7) is 28.1. The second-order valence-electron chi connectivity index (χ2n) is 25.7. The first-order valence-corrected chi connectivity index (χ1v) is 35.8. The van der Waals surface area contributed by atoms with Crippen LogP contribution in [0.1, 0.15) is 100 Å². The summed E-state index contributed by atoms with van der Waals surface area (Å²) in [5.41, 5.74) is 7.43. The van der Waals surface area contributed by atoms with Gasteiger partial charge in [-0.05, 0) is 41.5 Å². The molecule has 0 atom stereocenters. The second-order valence-corrected chi connectivity index (χ2v) is 25.7. The molecule has 114 heavy (non-hydrogen) atoms. The third-order valence-corrected chi connectivity index (χ3v) is 16.5. The minimum Gasteiger partial charge on any atom is -0.461 e. The van der Waals surface area contributed by atoms with Crippen LogP contribution in [0.2, 0.25) is 0 Å². The van der Waals surface area contributed by atoms with Gasteiger partial charge in [-0.2, -0.15) is 0 Å². The van der Waals surface area contributed by atoms with Gasteiger partial charge >= 0.3 is 72.4 Å². The highest BCUT2D eigenvalue weighted by atomic mass is 16.6. The Morgan fingerprint density at radius 1 is 0.237 bits per heavy atom. The number of nitrogens with one attached hydrogen (secondary N) is 6. The van der Waals surface area contributed by atoms with E-state index in [-0.39, 0.29) is 152 Å². The highest BCUT2D eigenvalue weighted by molar-refractivity contribution is 5.84. The van der Waals surface area contributed by atoms with Crippen LogP contribution in [-0.2, 0) is 95.7 Å². The van der Waals surface area contributed by atoms with Crippen LogP contribution < -0.4 is 60.3 Å². The number of amides is 6. The topological polar surface area (TPSA) is 388 Å². The molecule has 6 aromatic rings. The van der Waals surface area contributed by atoms with Crippen LogP contribution in [0.3, 0.4) is 0 Å². The molecule has 0 saturated carbocycles. The van der Waals surface area contributed by atoms with E-state index in [2.05, 4.69) is 71.4 Å². The molecule has 6 aromatic carbocycles. The summed E-state index contributed by atoms with van der Waals surface area (Å²) >= 11 is 0. The number of ether oxygens (including phenoxy) is 12. The number of aryl methyl sites for hydroxylation is 6. The summed E-state index contributed by atoms with van der Waals surface area (Å²) in [6, 6.07) is 20.9. The maximum Gasteiger partial charge on any atom is 0.412 e. The molecule has 0 spiro atoms. The number of hydrogen-bond acceptors (Lipinski definition) is 24. The zero-order valence-electron chi connectivity index (χ0n) is 64.2. The number of benzene rings is 6. The number of fused-ring (bicyclic) bond motifs is 12. The molecule has 0 unspecified atom stereocenters. The van der Waals surface area contributed by atoms with Crippen LogP contribution in [0.5, 0.6) is 34.5 Å². The molecule has 30 nitrogen and oxygen atoms in total. The van der Waals surface area contributed by atoms with Crippen molar-refractivity contribution in [1.29, 1.82) is 0 Å². The van der Waals surface area contributed by atoms with Crippen LogP contribution in [0.15, 0.2) is 149 Å². The first-order chi connectivity index (χ1) is 54.6. The molecule has 7 rings (SSSR count). The average molecular weight is 1570 g/mol. The van der Waals surface area contributed by atoms with Crippen LogP contribution >= 0.6 is 0 Å². The van der Waals surface area contributed by atoms with Gasteiger partial charge in [0, 0.05) is 142 Å². The molecule has 600 valence electrons. The summed E-state index contributed by atoms with van der Waals surface area (Å²) in [5.74, 6) is -4.76. The molecule has 0 aliphatic heterocycles. The lowest BCUT2D eigenvalue weighted by Crippen LogP contribution is -2.32. The predicted molar refractivity (Wildman–Crippen MR) is 415 cm³/mol. The fraction of sp³-hybridized carbons (Fsp3) is 0.286. The van der Waals surface area contributed by atoms with E-state index in [4.69, 9.17) is 56.8 Å². The van der Waals surface area contributed by atoms with Gasteiger partial charge in [-0.3, -0.25) is 0 Å². The Labute approximate surface area is 658 Å². The number of carbonyl (C=O) groups excluding carboxylic acids is 12. The number of rotatable bonds is 30. The van der Waals surface area contributed by atoms with Crippen LogP contribution in [-0.4, -0.2) is 151 Å². The summed E-state index contributed by atoms with van der Waals surface area (Å²) in [6.07, 6.45) is -1.50. The van der Waals surface area contributed by atoms with Gasteiger partial charge in [0.05, 0.1) is 39.3 Å². The third-order valence-electron chi connectivity index (χ3n) is 16.5. The monoisotopic (exact) mass is 1570 g/mol. The normalized spacial score (nSPS) is 11.2. The fourth-order valence-corrected chi connectivity index (χ4v) is 12.1. The van der Waals surface area contributed by atoms with Crippen molar-refractivity contribution in [3.05, 3.63) is 249 Å². The van der Waals surface area contributed by atoms with Crippen LogP contribution in [0, 0.1) is 41.5 Å². The van der Waals surface area contributed by atoms with Crippen LogP contribution in [0.25, 0.3) is 0 Å². The maximum atomic E-state index is 14.4. The zero-order chi connectivity index (χ0) is 83.0. The van der Waals surface area contributed by atoms with Crippen molar-refractivity contribution < 1.29 is 114 Å². The Morgan fingerprint density at radius 3 is 0.456 bits per heavy atom. The van der Waals surface area contributed by atoms with Gasteiger partial charge in [0.15, 0.2) is 0 Å². The number of hydrogen-bond donors (Lipinski definition) is 6. The van der Waals surface area contributed by atoms with Gasteiger partial charge in [-0.1, -0.05) is 146 Å². The third kappa shape index (κ3) is 27.3. The van der Waals surface area contributed by atoms with E-state index in [1.807, 2.05) is 0 Å². The van der Waals surface area contributed by atoms with Crippen LogP contribution in [0.4, 0.5) is 28.8 Å². The van der Waals surface area contributed by atoms with E-state index >= 15 is 0 Å². The van der Waals surface area contributed by atoms with E-state index in [0.717, 1.165) is 36.5 Å². The molecule has 1 aliphatic rings. The van der Waals surface area contributed by atoms with Gasteiger partial charge in [-0.25, -0.2) is 57.5 Å². The molecular formula is C84H90N6O24. The Bertz CT molecular complexity index is 3840. The Morgan fingerprint density at radius 2 is 0.351 bits per heavy atom. The van der Waals surface area contributed by atoms with E-state index in [9.17, 15) is 57.5 Å². The van der Waals surface area contributed by atoms with Crippen molar-refractivity contribution in [3.8, 4) is 34.5 Å². The van der Waals surface area contributed by atoms with E-state index < -0.39 is 72.4 Å². The zero-order valence-corrected chi connectivity index (χ0v) is 64.2. The summed E-state index contributed by atoms with van der Waals surface area (Å²) in [5, 5.41) is 15.7. The number of esters is 6. The predicted octanol–water partition coefficient (Wildman–Crippen LogP) is 10.3. The second kappa shape index (κ2) is 43.6. The molecule has 0 radical (unpaired) electrons. The largest absolute Gasteiger partial charge is 0.461 e. The Hall–Kier alpha value is -13.8. The molecule has 0 aromatic heterocycles. The van der Waals surface area contributed by atoms with Crippen molar-refractivity contribution in [2.75, 3.05) is 78.9 Å². The van der Waals surface area contributed by atoms with Crippen molar-refractivity contribution >= 4 is 72.4 Å². The SMILES string of the molecule is C=CC(=O)OCCNC(=O)Oc1c2cc(C)cc1Cc1cc(C)cc(c1OC(=O)NCCOC(=O)C=C)Cc1cc(C)cc(c1OC(=O)NCCOC(=O)C=C)Cc1cc(C)cc(c1OC(=O)NCCOC(=O)C=C)Cc1cc(C)cc(c1OC(=O)NCCOC(=O)C=C)Cc1cc(C)cc(c1OC(=O)NCCOC(=O)C=C)C2. The maximum absolute atomic E-state index is 14.4. The number of carbonyl (C=O) groups is 12. The van der Waals surface area contributed by atoms with Gasteiger partial charge in [0.25, 0.3) is 0 Å². The Balaban J connectivity index is 1.60. The first kappa shape index (κ1) is 87.4. The lowest BCUT2D eigenvalue weighted by Gasteiger charge is -2.23. The van der Waals surface area contributed by atoms with Crippen molar-refractivity contribution in [3.63, 3.8) is 0 Å². The first-order valence-electron chi connectivity index (χ1n) is 35.8. The molecule has 0 fully saturated rings. The lowest BCUT2D eigenvalue weighted by atomic mass is 9.88. The standard InChI is InChI=1S/C84H90N6O24/c1-13-67(91)103-25-19-85-79(97)109-73-55-31-49(7)32-56(73)44-58-34-51(9)36-60(75(58)111-81(99)87-21-27-105-69(93)15-3)46-62-38-53(11)40-64(77(62)113-83(101)89-23-29-107-71(95)17-5)48-66-42-54(12)41-65(78(66)114-84(102)90-24-30-108-72(96)18-6)47-63-39-52(10)37-61(76(63)112-82(100)88-22-28-106-70(94)16-4)45-59-35-50(8)33-57(43-55)74(59)110-80(98)86-20-26-104-68(92)14-2/h13-18,31-42H,1-6,19-30,43-48H2,7-12H3,(H,85,97)(H,86,98)(H,87,99)(H,88,100)(H,89,101)(H,90,102). The molecule has 0 saturated heterocycles. The summed E-state index contributed by atoms with van der Waals surface area (Å²) in [4.78, 5) is 159. The molecule has 12 bridgehead atoms. The summed E-state index contributed by atoms with van der Waals surface area (Å²) in [7, 11) is 0. The minimum absolute atomic E-state index is 0.0394. The van der Waals surface area contributed by atoms with Gasteiger partial charge in [0.1, 0.15) is 74.1 Å². The molecule has 30 heteroatoms. The van der Waals surface area contributed by atoms with Crippen molar-refractivity contribution in [2.45, 2.75) is 80.1 Å². The minimum atomic E-state index is -1.01. The lowest BCUT2D eigenvalue weighted by molar-refractivity contribution is -0.138. The quantitative estimate of drug-likeness (QED) is 0.0105. The van der Waals surface area contributed by atoms with E-state index in [0.29, 0.717) is 100 Å². The highest BCUT2D eigenvalue weighted by Gasteiger charge is 2.29. The molecular weight excluding hydrogens is 1480 g/mol.